The molecule has 0 bridgehead atoms. The molecule has 0 spiro atoms. The second kappa shape index (κ2) is 30.4. The average molecular weight is 860 g/mol. The molecule has 13 nitrogen and oxygen atoms in total. The van der Waals surface area contributed by atoms with E-state index in [2.05, 4.69) is 27.7 Å². The number of rotatable bonds is 16. The van der Waals surface area contributed by atoms with E-state index in [1.54, 1.807) is 27.7 Å². The SMILES string of the molecule is CCC[CH2][Sn][CH2]CCC.CCC[CH2][Sn][CH2]CCC.O.O=C(O)Cn1cc(F)c(=O)[nH]c1=O.O=C(O)Cn1cc(F)c(=O)[nH]c1=O. The Kier molecular flexibility index (Phi) is 31.8. The quantitative estimate of drug-likeness (QED) is 0.145. The molecular weight excluding hydrogens is 812 g/mol. The number of hydrogen-bond acceptors (Lipinski definition) is 6. The topological polar surface area (TPSA) is 216 Å². The van der Waals surface area contributed by atoms with Gasteiger partial charge < -0.3 is 15.7 Å². The van der Waals surface area contributed by atoms with Gasteiger partial charge in [-0.2, -0.15) is 8.78 Å². The number of nitrogens with zero attached hydrogens (tertiary/aromatic N) is 2. The van der Waals surface area contributed by atoms with Crippen LogP contribution in [0.2, 0.25) is 17.7 Å². The molecule has 2 aromatic rings. The summed E-state index contributed by atoms with van der Waals surface area (Å²) in [4.78, 5) is 66.1. The number of aliphatic carboxylic acids is 2. The molecule has 0 saturated heterocycles. The zero-order valence-electron chi connectivity index (χ0n) is 26.5. The first-order valence-corrected chi connectivity index (χ1v) is 22.7. The molecule has 0 unspecified atom stereocenters. The molecule has 0 aliphatic rings. The third-order valence-electron chi connectivity index (χ3n) is 5.37. The minimum atomic E-state index is -1.30. The van der Waals surface area contributed by atoms with Gasteiger partial charge in [0.1, 0.15) is 13.1 Å². The molecule has 6 N–H and O–H groups in total. The van der Waals surface area contributed by atoms with Crippen LogP contribution in [0, 0.1) is 11.6 Å². The van der Waals surface area contributed by atoms with Gasteiger partial charge in [0.2, 0.25) is 11.6 Å². The molecule has 2 heterocycles. The van der Waals surface area contributed by atoms with Crippen molar-refractivity contribution in [3.05, 3.63) is 65.7 Å². The molecule has 0 atom stereocenters. The van der Waals surface area contributed by atoms with Gasteiger partial charge in [0.05, 0.1) is 12.4 Å². The molecule has 2 rings (SSSR count). The van der Waals surface area contributed by atoms with E-state index in [0.29, 0.717) is 21.5 Å². The molecule has 0 amide bonds. The first-order valence-electron chi connectivity index (χ1n) is 14.7. The van der Waals surface area contributed by atoms with Gasteiger partial charge in [0.25, 0.3) is 11.1 Å². The molecule has 17 heteroatoms. The van der Waals surface area contributed by atoms with Crippen molar-refractivity contribution in [1.29, 1.82) is 0 Å². The normalized spacial score (nSPS) is 9.73. The number of carboxylic acids is 2. The molecule has 256 valence electrons. The largest absolute Gasteiger partial charge is 0.480 e. The fourth-order valence-electron chi connectivity index (χ4n) is 2.95. The molecular formula is C28H48F2N4O9Sn2. The third kappa shape index (κ3) is 26.6. The van der Waals surface area contributed by atoms with Crippen LogP contribution in [0.15, 0.2) is 31.6 Å². The van der Waals surface area contributed by atoms with Crippen molar-refractivity contribution >= 4 is 54.2 Å². The Labute approximate surface area is 281 Å². The minimum Gasteiger partial charge on any atom is -0.480 e. The van der Waals surface area contributed by atoms with E-state index in [1.807, 2.05) is 0 Å². The Hall–Kier alpha value is -2.28. The Morgan fingerprint density at radius 3 is 1.13 bits per heavy atom. The number of carboxylic acid groups (broad SMARTS) is 2. The number of H-pyrrole nitrogens is 2. The van der Waals surface area contributed by atoms with Gasteiger partial charge in [0, 0.05) is 0 Å². The standard InChI is InChI=1S/2C6H5FN2O4.4C4H9.H2O.2Sn/c2*7-3-1-9(2-4(10)11)6(13)8-5(3)12;4*1-3-4-2;;;/h2*1H,2H2,(H,10,11)(H,8,12,13);4*1,3-4H2,2H3;1H2;;. The van der Waals surface area contributed by atoms with Crippen molar-refractivity contribution in [3.63, 3.8) is 0 Å². The summed E-state index contributed by atoms with van der Waals surface area (Å²) in [6.07, 6.45) is 12.8. The second-order valence-electron chi connectivity index (χ2n) is 9.43. The molecule has 2 aromatic heterocycles. The van der Waals surface area contributed by atoms with Crippen LogP contribution in [0.5, 0.6) is 0 Å². The van der Waals surface area contributed by atoms with Gasteiger partial charge >= 0.3 is 162 Å². The van der Waals surface area contributed by atoms with Crippen molar-refractivity contribution < 1.29 is 34.1 Å². The van der Waals surface area contributed by atoms with Crippen LogP contribution in [0.25, 0.3) is 0 Å². The molecule has 0 aromatic carbocycles. The third-order valence-corrected chi connectivity index (χ3v) is 13.4. The van der Waals surface area contributed by atoms with Crippen molar-refractivity contribution in [3.8, 4) is 0 Å². The van der Waals surface area contributed by atoms with Crippen LogP contribution >= 0.6 is 0 Å². The number of aromatic nitrogens is 4. The molecule has 0 aliphatic carbocycles. The number of carbonyl (C=O) groups is 2. The van der Waals surface area contributed by atoms with E-state index >= 15 is 0 Å². The molecule has 0 fully saturated rings. The summed E-state index contributed by atoms with van der Waals surface area (Å²) >= 11 is 0.299. The summed E-state index contributed by atoms with van der Waals surface area (Å²) < 4.78 is 32.6. The van der Waals surface area contributed by atoms with Crippen LogP contribution in [0.3, 0.4) is 0 Å². The van der Waals surface area contributed by atoms with Gasteiger partial charge in [-0.15, -0.1) is 0 Å². The van der Waals surface area contributed by atoms with E-state index in [1.165, 1.54) is 51.4 Å². The molecule has 4 radical (unpaired) electrons. The van der Waals surface area contributed by atoms with Crippen molar-refractivity contribution in [2.75, 3.05) is 0 Å². The number of aromatic amines is 2. The van der Waals surface area contributed by atoms with Gasteiger partial charge in [-0.1, -0.05) is 0 Å². The number of hydrogen-bond donors (Lipinski definition) is 4. The Morgan fingerprint density at radius 1 is 0.644 bits per heavy atom. The van der Waals surface area contributed by atoms with E-state index < -0.39 is 59.2 Å². The van der Waals surface area contributed by atoms with Crippen molar-refractivity contribution in [2.45, 2.75) is 110 Å². The van der Waals surface area contributed by atoms with Crippen LogP contribution in [-0.4, -0.2) is 89.0 Å². The zero-order valence-corrected chi connectivity index (χ0v) is 32.3. The number of unbranched alkanes of at least 4 members (excludes halogenated alkanes) is 4. The maximum absolute atomic E-state index is 12.5. The van der Waals surface area contributed by atoms with Crippen molar-refractivity contribution in [2.24, 2.45) is 0 Å². The van der Waals surface area contributed by atoms with E-state index in [-0.39, 0.29) is 47.8 Å². The van der Waals surface area contributed by atoms with Gasteiger partial charge in [0.15, 0.2) is 0 Å². The summed E-state index contributed by atoms with van der Waals surface area (Å²) in [5.74, 6) is -4.98. The summed E-state index contributed by atoms with van der Waals surface area (Å²) in [6.45, 7) is 7.79. The zero-order chi connectivity index (χ0) is 33.9. The Balaban J connectivity index is -0.000000528. The van der Waals surface area contributed by atoms with Gasteiger partial charge in [-0.25, -0.2) is 9.59 Å². The van der Waals surface area contributed by atoms with Gasteiger partial charge in [-0.3, -0.25) is 38.3 Å². The predicted molar refractivity (Wildman–Crippen MR) is 172 cm³/mol. The summed E-state index contributed by atoms with van der Waals surface area (Å²) in [7, 11) is 0. The van der Waals surface area contributed by atoms with Crippen LogP contribution in [0.1, 0.15) is 79.1 Å². The number of halogens is 2. The van der Waals surface area contributed by atoms with E-state index in [9.17, 15) is 37.5 Å². The molecule has 45 heavy (non-hydrogen) atoms. The van der Waals surface area contributed by atoms with Crippen molar-refractivity contribution in [1.82, 2.24) is 19.1 Å². The second-order valence-corrected chi connectivity index (χ2v) is 18.0. The van der Waals surface area contributed by atoms with Gasteiger partial charge in [-0.05, 0) is 0 Å². The van der Waals surface area contributed by atoms with Crippen LogP contribution < -0.4 is 22.5 Å². The average Bonchev–Trinajstić information content (AvgIpc) is 2.95. The first-order chi connectivity index (χ1) is 20.8. The predicted octanol–water partition coefficient (Wildman–Crippen LogP) is 2.95. The number of nitrogens with one attached hydrogen (secondary N) is 2. The minimum absolute atomic E-state index is 0. The molecule has 0 aliphatic heterocycles. The van der Waals surface area contributed by atoms with Crippen LogP contribution in [0.4, 0.5) is 8.78 Å². The summed E-state index contributed by atoms with van der Waals surface area (Å²) in [6, 6.07) is 0. The maximum Gasteiger partial charge on any atom is 0.329 e. The Morgan fingerprint density at radius 2 is 0.911 bits per heavy atom. The molecule has 0 saturated carbocycles. The summed E-state index contributed by atoms with van der Waals surface area (Å²) in [5.41, 5.74) is -4.22. The first kappa shape index (κ1) is 47.1. The van der Waals surface area contributed by atoms with E-state index in [0.717, 1.165) is 0 Å². The Bertz CT molecular complexity index is 1200. The monoisotopic (exact) mass is 862 g/mol. The maximum atomic E-state index is 12.5. The fourth-order valence-corrected chi connectivity index (χ4v) is 11.3. The smallest absolute Gasteiger partial charge is 0.329 e. The van der Waals surface area contributed by atoms with Crippen LogP contribution in [-0.2, 0) is 22.7 Å². The van der Waals surface area contributed by atoms with E-state index in [4.69, 9.17) is 10.2 Å². The summed E-state index contributed by atoms with van der Waals surface area (Å²) in [5, 5.41) is 16.6. The fraction of sp³-hybridized carbons (Fsp3) is 0.643.